The summed E-state index contributed by atoms with van der Waals surface area (Å²) in [6.45, 7) is 3.78. The zero-order valence-corrected chi connectivity index (χ0v) is 16.1. The number of carboxylic acids is 1. The van der Waals surface area contributed by atoms with E-state index in [1.54, 1.807) is 30.3 Å². The molecule has 6 heteroatoms. The summed E-state index contributed by atoms with van der Waals surface area (Å²) >= 11 is 0. The Labute approximate surface area is 165 Å². The molecule has 0 radical (unpaired) electrons. The SMILES string of the molecule is CC(C)C[C@H](NC(=O)[C@H](Cc1ccccc1)NC(=O)c1ccccc1)C(=O)O. The minimum Gasteiger partial charge on any atom is -0.480 e. The maximum Gasteiger partial charge on any atom is 0.326 e. The summed E-state index contributed by atoms with van der Waals surface area (Å²) in [5.41, 5.74) is 1.30. The van der Waals surface area contributed by atoms with Crippen LogP contribution in [-0.4, -0.2) is 35.0 Å². The topological polar surface area (TPSA) is 95.5 Å². The largest absolute Gasteiger partial charge is 0.480 e. The summed E-state index contributed by atoms with van der Waals surface area (Å²) in [5.74, 6) is -1.88. The van der Waals surface area contributed by atoms with E-state index >= 15 is 0 Å². The van der Waals surface area contributed by atoms with Crippen LogP contribution in [-0.2, 0) is 16.0 Å². The molecule has 0 saturated heterocycles. The number of benzene rings is 2. The molecule has 0 aliphatic rings. The molecule has 2 amide bonds. The number of hydrogen-bond acceptors (Lipinski definition) is 3. The lowest BCUT2D eigenvalue weighted by Crippen LogP contribution is -2.52. The van der Waals surface area contributed by atoms with Crippen molar-refractivity contribution in [2.75, 3.05) is 0 Å². The van der Waals surface area contributed by atoms with Gasteiger partial charge in [0.05, 0.1) is 0 Å². The van der Waals surface area contributed by atoms with Crippen molar-refractivity contribution < 1.29 is 19.5 Å². The van der Waals surface area contributed by atoms with Gasteiger partial charge in [0, 0.05) is 12.0 Å². The number of carboxylic acid groups (broad SMARTS) is 1. The zero-order chi connectivity index (χ0) is 20.5. The molecular formula is C22H26N2O4. The summed E-state index contributed by atoms with van der Waals surface area (Å²) in [6.07, 6.45) is 0.574. The quantitative estimate of drug-likeness (QED) is 0.621. The fourth-order valence-corrected chi connectivity index (χ4v) is 2.86. The van der Waals surface area contributed by atoms with Crippen molar-refractivity contribution in [2.24, 2.45) is 5.92 Å². The zero-order valence-electron chi connectivity index (χ0n) is 16.1. The number of rotatable bonds is 9. The molecule has 6 nitrogen and oxygen atoms in total. The smallest absolute Gasteiger partial charge is 0.326 e. The molecule has 2 aromatic carbocycles. The Bertz CT molecular complexity index is 791. The first-order valence-electron chi connectivity index (χ1n) is 9.30. The fourth-order valence-electron chi connectivity index (χ4n) is 2.86. The first-order chi connectivity index (χ1) is 13.4. The van der Waals surface area contributed by atoms with Gasteiger partial charge >= 0.3 is 5.97 Å². The van der Waals surface area contributed by atoms with E-state index in [4.69, 9.17) is 0 Å². The van der Waals surface area contributed by atoms with Crippen LogP contribution < -0.4 is 10.6 Å². The predicted molar refractivity (Wildman–Crippen MR) is 107 cm³/mol. The van der Waals surface area contributed by atoms with Crippen LogP contribution in [0.15, 0.2) is 60.7 Å². The molecule has 28 heavy (non-hydrogen) atoms. The maximum atomic E-state index is 12.8. The summed E-state index contributed by atoms with van der Waals surface area (Å²) in [7, 11) is 0. The Morgan fingerprint density at radius 2 is 1.43 bits per heavy atom. The average Bonchev–Trinajstić information content (AvgIpc) is 2.68. The summed E-state index contributed by atoms with van der Waals surface area (Å²) < 4.78 is 0. The molecule has 2 aromatic rings. The molecule has 0 aliphatic heterocycles. The van der Waals surface area contributed by atoms with Gasteiger partial charge in [0.2, 0.25) is 5.91 Å². The van der Waals surface area contributed by atoms with Gasteiger partial charge in [-0.05, 0) is 30.0 Å². The van der Waals surface area contributed by atoms with E-state index in [2.05, 4.69) is 10.6 Å². The summed E-state index contributed by atoms with van der Waals surface area (Å²) in [6, 6.07) is 16.0. The van der Waals surface area contributed by atoms with Crippen LogP contribution in [0.3, 0.4) is 0 Å². The van der Waals surface area contributed by atoms with Crippen molar-refractivity contribution in [1.82, 2.24) is 10.6 Å². The van der Waals surface area contributed by atoms with E-state index in [1.807, 2.05) is 44.2 Å². The lowest BCUT2D eigenvalue weighted by Gasteiger charge is -2.22. The first kappa shape index (κ1) is 21.2. The number of aliphatic carboxylic acids is 1. The van der Waals surface area contributed by atoms with Gasteiger partial charge in [0.1, 0.15) is 12.1 Å². The van der Waals surface area contributed by atoms with Crippen molar-refractivity contribution in [3.63, 3.8) is 0 Å². The van der Waals surface area contributed by atoms with Crippen LogP contribution >= 0.6 is 0 Å². The molecule has 0 bridgehead atoms. The van der Waals surface area contributed by atoms with Gasteiger partial charge in [-0.1, -0.05) is 62.4 Å². The molecule has 2 rings (SSSR count). The van der Waals surface area contributed by atoms with Gasteiger partial charge in [-0.3, -0.25) is 9.59 Å². The van der Waals surface area contributed by atoms with Crippen LogP contribution in [0, 0.1) is 5.92 Å². The van der Waals surface area contributed by atoms with E-state index in [-0.39, 0.29) is 18.2 Å². The van der Waals surface area contributed by atoms with Crippen LogP contribution in [0.5, 0.6) is 0 Å². The van der Waals surface area contributed by atoms with Crippen molar-refractivity contribution in [2.45, 2.75) is 38.8 Å². The molecule has 148 valence electrons. The highest BCUT2D eigenvalue weighted by molar-refractivity contribution is 5.98. The maximum absolute atomic E-state index is 12.8. The van der Waals surface area contributed by atoms with Crippen molar-refractivity contribution in [3.8, 4) is 0 Å². The Morgan fingerprint density at radius 3 is 1.96 bits per heavy atom. The molecule has 0 aromatic heterocycles. The van der Waals surface area contributed by atoms with Crippen LogP contribution in [0.25, 0.3) is 0 Å². The van der Waals surface area contributed by atoms with E-state index in [0.717, 1.165) is 5.56 Å². The van der Waals surface area contributed by atoms with E-state index in [1.165, 1.54) is 0 Å². The predicted octanol–water partition coefficient (Wildman–Crippen LogP) is 2.64. The van der Waals surface area contributed by atoms with Gasteiger partial charge < -0.3 is 15.7 Å². The minimum absolute atomic E-state index is 0.105. The molecule has 2 atom stereocenters. The minimum atomic E-state index is -1.09. The average molecular weight is 382 g/mol. The highest BCUT2D eigenvalue weighted by atomic mass is 16.4. The normalized spacial score (nSPS) is 12.8. The van der Waals surface area contributed by atoms with Gasteiger partial charge in [0.15, 0.2) is 0 Å². The molecule has 3 N–H and O–H groups in total. The Balaban J connectivity index is 2.17. The number of hydrogen-bond donors (Lipinski definition) is 3. The number of carbonyl (C=O) groups is 3. The Hall–Kier alpha value is -3.15. The molecule has 0 spiro atoms. The third-order valence-electron chi connectivity index (χ3n) is 4.26. The number of carbonyl (C=O) groups excluding carboxylic acids is 2. The summed E-state index contributed by atoms with van der Waals surface area (Å²) in [5, 5.41) is 14.7. The Morgan fingerprint density at radius 1 is 0.857 bits per heavy atom. The third-order valence-corrected chi connectivity index (χ3v) is 4.26. The van der Waals surface area contributed by atoms with Gasteiger partial charge in [-0.25, -0.2) is 4.79 Å². The molecular weight excluding hydrogens is 356 g/mol. The molecule has 0 unspecified atom stereocenters. The second-order valence-electron chi connectivity index (χ2n) is 7.11. The standard InChI is InChI=1S/C22H26N2O4/c1-15(2)13-19(22(27)28)24-21(26)18(14-16-9-5-3-6-10-16)23-20(25)17-11-7-4-8-12-17/h3-12,15,18-19H,13-14H2,1-2H3,(H,23,25)(H,24,26)(H,27,28)/t18-,19-/m0/s1. The van der Waals surface area contributed by atoms with Gasteiger partial charge in [-0.2, -0.15) is 0 Å². The van der Waals surface area contributed by atoms with Crippen molar-refractivity contribution in [3.05, 3.63) is 71.8 Å². The Kier molecular flexibility index (Phi) is 7.75. The highest BCUT2D eigenvalue weighted by Gasteiger charge is 2.27. The fraction of sp³-hybridized carbons (Fsp3) is 0.318. The first-order valence-corrected chi connectivity index (χ1v) is 9.30. The van der Waals surface area contributed by atoms with E-state index < -0.39 is 24.0 Å². The molecule has 0 heterocycles. The lowest BCUT2D eigenvalue weighted by atomic mass is 10.0. The second-order valence-corrected chi connectivity index (χ2v) is 7.11. The van der Waals surface area contributed by atoms with Crippen LogP contribution in [0.1, 0.15) is 36.2 Å². The molecule has 0 fully saturated rings. The number of amides is 2. The highest BCUT2D eigenvalue weighted by Crippen LogP contribution is 2.09. The van der Waals surface area contributed by atoms with Crippen molar-refractivity contribution in [1.29, 1.82) is 0 Å². The van der Waals surface area contributed by atoms with Crippen LogP contribution in [0.4, 0.5) is 0 Å². The van der Waals surface area contributed by atoms with E-state index in [9.17, 15) is 19.5 Å². The van der Waals surface area contributed by atoms with E-state index in [0.29, 0.717) is 12.0 Å². The van der Waals surface area contributed by atoms with Gasteiger partial charge in [0.25, 0.3) is 5.91 Å². The van der Waals surface area contributed by atoms with Crippen molar-refractivity contribution >= 4 is 17.8 Å². The van der Waals surface area contributed by atoms with Gasteiger partial charge in [-0.15, -0.1) is 0 Å². The second kappa shape index (κ2) is 10.3. The number of nitrogens with one attached hydrogen (secondary N) is 2. The summed E-state index contributed by atoms with van der Waals surface area (Å²) in [4.78, 5) is 36.9. The monoisotopic (exact) mass is 382 g/mol. The molecule has 0 aliphatic carbocycles. The van der Waals surface area contributed by atoms with Crippen LogP contribution in [0.2, 0.25) is 0 Å². The molecule has 0 saturated carbocycles. The lowest BCUT2D eigenvalue weighted by molar-refractivity contribution is -0.142. The third kappa shape index (κ3) is 6.54.